The largest absolute Gasteiger partial charge is 0.453 e. The van der Waals surface area contributed by atoms with Gasteiger partial charge in [-0.25, -0.2) is 19.6 Å². The van der Waals surface area contributed by atoms with Crippen LogP contribution in [0, 0.1) is 17.8 Å². The molecular weight excluding hydrogens is 704 g/mol. The quantitative estimate of drug-likeness (QED) is 0.145. The fourth-order valence-corrected chi connectivity index (χ4v) is 7.79. The van der Waals surface area contributed by atoms with Gasteiger partial charge in [-0.05, 0) is 61.3 Å². The van der Waals surface area contributed by atoms with Crippen LogP contribution in [0.5, 0.6) is 0 Å². The second-order valence-corrected chi connectivity index (χ2v) is 15.0. The van der Waals surface area contributed by atoms with Crippen LogP contribution in [-0.4, -0.2) is 86.1 Å². The van der Waals surface area contributed by atoms with Crippen LogP contribution in [0.15, 0.2) is 59.8 Å². The number of nitrogens with zero attached hydrogens (tertiary/aromatic N) is 4. The highest BCUT2D eigenvalue weighted by molar-refractivity contribution is 5.90. The minimum absolute atomic E-state index is 0.00628. The summed E-state index contributed by atoms with van der Waals surface area (Å²) < 4.78 is 11.0. The van der Waals surface area contributed by atoms with Gasteiger partial charge in [-0.1, -0.05) is 46.2 Å². The number of benzene rings is 1. The number of carbonyl (C=O) groups is 4. The molecule has 0 spiro atoms. The Morgan fingerprint density at radius 2 is 1.40 bits per heavy atom. The van der Waals surface area contributed by atoms with Crippen molar-refractivity contribution in [2.75, 3.05) is 20.8 Å². The first-order valence-electron chi connectivity index (χ1n) is 18.9. The van der Waals surface area contributed by atoms with Gasteiger partial charge in [0.05, 0.1) is 50.1 Å². The number of nitrogens with one attached hydrogen (secondary N) is 4. The summed E-state index contributed by atoms with van der Waals surface area (Å²) >= 11 is 0. The van der Waals surface area contributed by atoms with Crippen LogP contribution in [0.2, 0.25) is 0 Å². The topological polar surface area (TPSA) is 193 Å². The molecule has 1 unspecified atom stereocenters. The van der Waals surface area contributed by atoms with Crippen molar-refractivity contribution in [3.8, 4) is 28.2 Å². The van der Waals surface area contributed by atoms with E-state index in [9.17, 15) is 24.0 Å². The molecule has 4 heterocycles. The molecule has 1 aromatic carbocycles. The van der Waals surface area contributed by atoms with E-state index in [1.807, 2.05) is 58.0 Å². The Morgan fingerprint density at radius 1 is 0.782 bits per heavy atom. The summed E-state index contributed by atoms with van der Waals surface area (Å²) in [6, 6.07) is 9.28. The fourth-order valence-electron chi connectivity index (χ4n) is 7.79. The van der Waals surface area contributed by atoms with Crippen molar-refractivity contribution in [3.63, 3.8) is 0 Å². The van der Waals surface area contributed by atoms with Crippen molar-refractivity contribution >= 4 is 23.9 Å². The predicted molar refractivity (Wildman–Crippen MR) is 204 cm³/mol. The van der Waals surface area contributed by atoms with E-state index < -0.39 is 24.3 Å². The molecule has 4 N–H and O–H groups in total. The third-order valence-corrected chi connectivity index (χ3v) is 10.8. The maximum Gasteiger partial charge on any atom is 0.407 e. The summed E-state index contributed by atoms with van der Waals surface area (Å²) in [5.41, 5.74) is 3.45. The molecule has 3 amide bonds. The van der Waals surface area contributed by atoms with Crippen molar-refractivity contribution in [1.82, 2.24) is 40.0 Å². The number of ether oxygens (including phenoxy) is 2. The lowest BCUT2D eigenvalue weighted by molar-refractivity contribution is -0.135. The molecule has 5 atom stereocenters. The minimum atomic E-state index is -0.732. The van der Waals surface area contributed by atoms with E-state index in [1.54, 1.807) is 34.1 Å². The Morgan fingerprint density at radius 3 is 2.04 bits per heavy atom. The van der Waals surface area contributed by atoms with Crippen molar-refractivity contribution in [3.05, 3.63) is 77.0 Å². The van der Waals surface area contributed by atoms with E-state index >= 15 is 0 Å². The first-order chi connectivity index (χ1) is 26.4. The summed E-state index contributed by atoms with van der Waals surface area (Å²) in [5.74, 6) is 0.579. The van der Waals surface area contributed by atoms with Crippen molar-refractivity contribution < 1.29 is 28.7 Å². The number of amides is 3. The first kappa shape index (κ1) is 39.0. The monoisotopic (exact) mass is 754 g/mol. The van der Waals surface area contributed by atoms with E-state index in [-0.39, 0.29) is 47.0 Å². The lowest BCUT2D eigenvalue weighted by atomic mass is 9.84. The normalized spacial score (nSPS) is 19.3. The van der Waals surface area contributed by atoms with Crippen LogP contribution >= 0.6 is 0 Å². The van der Waals surface area contributed by atoms with Gasteiger partial charge in [-0.15, -0.1) is 0 Å². The number of imidazole rings is 2. The molecule has 1 saturated carbocycles. The Kier molecular flexibility index (Phi) is 11.9. The number of pyridine rings is 1. The van der Waals surface area contributed by atoms with E-state index in [2.05, 4.69) is 30.6 Å². The number of likely N-dealkylation sites (tertiary alicyclic amines) is 1. The number of hydrogen-bond donors (Lipinski definition) is 4. The summed E-state index contributed by atoms with van der Waals surface area (Å²) in [4.78, 5) is 82.1. The van der Waals surface area contributed by atoms with Gasteiger partial charge in [0.2, 0.25) is 5.91 Å². The van der Waals surface area contributed by atoms with Crippen molar-refractivity contribution in [2.45, 2.75) is 83.8 Å². The molecular formula is C40H50N8O7. The van der Waals surface area contributed by atoms with Gasteiger partial charge in [-0.3, -0.25) is 19.0 Å². The highest BCUT2D eigenvalue weighted by Gasteiger charge is 2.41. The molecule has 4 aromatic rings. The van der Waals surface area contributed by atoms with E-state index in [4.69, 9.17) is 9.47 Å². The second kappa shape index (κ2) is 16.7. The molecule has 2 fully saturated rings. The van der Waals surface area contributed by atoms with E-state index in [1.165, 1.54) is 14.2 Å². The standard InChI is InChI=1S/C40H50N8O7/c1-22(2)33(45-39(52)54-5)35(50)27-9-7-10-28(27)36-41-20-29(43-36)24-12-14-26(15-13-24)47-18-16-25(19-32(47)49)30-21-42-37(44-30)31-11-8-17-48(31)38(51)34(23(3)4)46-40(53)55-6/h12-16,18-23,27-28,31,33-34H,7-11,17H2,1-6H3,(H,41,43)(H,42,44)(H,45,52)(H,46,53)/t27?,28-,31+,33+,34+/m1/s1. The number of Topliss-reactive ketones (excluding diaryl/α,β-unsaturated/α-hetero) is 1. The summed E-state index contributed by atoms with van der Waals surface area (Å²) in [6.45, 7) is 8.10. The lowest BCUT2D eigenvalue weighted by Gasteiger charge is -2.30. The molecule has 1 aliphatic carbocycles. The number of hydrogen-bond acceptors (Lipinski definition) is 9. The molecule has 0 bridgehead atoms. The molecule has 1 saturated heterocycles. The van der Waals surface area contributed by atoms with Crippen LogP contribution in [0.1, 0.15) is 83.4 Å². The maximum atomic E-state index is 13.6. The Hall–Kier alpha value is -5.73. The number of alkyl carbamates (subject to hydrolysis) is 2. The summed E-state index contributed by atoms with van der Waals surface area (Å²) in [7, 11) is 2.55. The van der Waals surface area contributed by atoms with Crippen LogP contribution in [-0.2, 0) is 19.1 Å². The smallest absolute Gasteiger partial charge is 0.407 e. The molecule has 15 heteroatoms. The molecule has 2 aliphatic rings. The predicted octanol–water partition coefficient (Wildman–Crippen LogP) is 5.50. The number of rotatable bonds is 12. The number of aromatic amines is 2. The summed E-state index contributed by atoms with van der Waals surface area (Å²) in [5, 5.41) is 5.38. The number of H-pyrrole nitrogens is 2. The zero-order chi connectivity index (χ0) is 39.4. The molecule has 3 aromatic heterocycles. The summed E-state index contributed by atoms with van der Waals surface area (Å²) in [6.07, 6.45) is 7.82. The highest BCUT2D eigenvalue weighted by atomic mass is 16.5. The fraction of sp³-hybridized carbons (Fsp3) is 0.475. The molecule has 1 aliphatic heterocycles. The number of carbonyl (C=O) groups excluding carboxylic acids is 4. The van der Waals surface area contributed by atoms with E-state index in [0.29, 0.717) is 29.3 Å². The zero-order valence-corrected chi connectivity index (χ0v) is 32.1. The zero-order valence-electron chi connectivity index (χ0n) is 32.1. The van der Waals surface area contributed by atoms with Gasteiger partial charge in [0.1, 0.15) is 17.7 Å². The van der Waals surface area contributed by atoms with Gasteiger partial charge in [0.15, 0.2) is 5.78 Å². The molecule has 6 rings (SSSR count). The van der Waals surface area contributed by atoms with Crippen LogP contribution in [0.4, 0.5) is 9.59 Å². The number of methoxy groups -OCH3 is 2. The molecule has 15 nitrogen and oxygen atoms in total. The average molecular weight is 755 g/mol. The van der Waals surface area contributed by atoms with E-state index in [0.717, 1.165) is 49.2 Å². The van der Waals surface area contributed by atoms with Gasteiger partial charge in [-0.2, -0.15) is 0 Å². The third-order valence-electron chi connectivity index (χ3n) is 10.8. The molecule has 292 valence electrons. The highest BCUT2D eigenvalue weighted by Crippen LogP contribution is 2.41. The average Bonchev–Trinajstić information content (AvgIpc) is 4.02. The van der Waals surface area contributed by atoms with Gasteiger partial charge in [0.25, 0.3) is 5.56 Å². The molecule has 55 heavy (non-hydrogen) atoms. The van der Waals surface area contributed by atoms with Crippen LogP contribution in [0.3, 0.4) is 0 Å². The van der Waals surface area contributed by atoms with Gasteiger partial charge >= 0.3 is 12.2 Å². The first-order valence-corrected chi connectivity index (χ1v) is 18.9. The second-order valence-electron chi connectivity index (χ2n) is 15.0. The number of ketones is 1. The minimum Gasteiger partial charge on any atom is -0.453 e. The van der Waals surface area contributed by atoms with Crippen molar-refractivity contribution in [2.24, 2.45) is 17.8 Å². The SMILES string of the molecule is COC(=O)N[C@H](C(=O)C1CCC[C@H]1c1ncc(-c2ccc(-n3ccc(-c4cnc([C@@H]5CCCN5C(=O)[C@@H](NC(=O)OC)C(C)C)[nH]4)cc3=O)cc2)[nH]1)C(C)C. The van der Waals surface area contributed by atoms with Crippen LogP contribution < -0.4 is 16.2 Å². The Labute approximate surface area is 319 Å². The molecule has 0 radical (unpaired) electrons. The lowest BCUT2D eigenvalue weighted by Crippen LogP contribution is -2.51. The van der Waals surface area contributed by atoms with Crippen molar-refractivity contribution in [1.29, 1.82) is 0 Å². The number of aromatic nitrogens is 5. The maximum absolute atomic E-state index is 13.6. The third kappa shape index (κ3) is 8.35. The van der Waals surface area contributed by atoms with Gasteiger partial charge < -0.3 is 35.0 Å². The Balaban J connectivity index is 1.13. The van der Waals surface area contributed by atoms with Gasteiger partial charge in [0, 0.05) is 41.9 Å². The Bertz CT molecular complexity index is 2070. The van der Waals surface area contributed by atoms with Crippen LogP contribution in [0.25, 0.3) is 28.2 Å².